The first-order chi connectivity index (χ1) is 13.4. The largest absolute Gasteiger partial charge is 0.490 e. The normalized spacial score (nSPS) is 10.6. The Kier molecular flexibility index (Phi) is 5.90. The second kappa shape index (κ2) is 8.35. The lowest BCUT2D eigenvalue weighted by Crippen LogP contribution is -2.00. The maximum Gasteiger partial charge on any atom is 0.318 e. The number of hydrogen-bond acceptors (Lipinski definition) is 9. The molecule has 0 unspecified atom stereocenters. The second-order valence-electron chi connectivity index (χ2n) is 5.34. The number of nitro benzene ring substituents is 2. The van der Waals surface area contributed by atoms with E-state index in [1.807, 2.05) is 12.1 Å². The molecule has 3 aromatic rings. The van der Waals surface area contributed by atoms with Crippen LogP contribution in [0.1, 0.15) is 5.56 Å². The number of nitrogens with zero attached hydrogens (tertiary/aromatic N) is 4. The summed E-state index contributed by atoms with van der Waals surface area (Å²) in [6.45, 7) is 0. The van der Waals surface area contributed by atoms with Crippen molar-refractivity contribution in [2.75, 3.05) is 7.11 Å². The molecule has 12 heteroatoms. The summed E-state index contributed by atoms with van der Waals surface area (Å²) in [7, 11) is 1.26. The van der Waals surface area contributed by atoms with E-state index in [1.54, 1.807) is 12.1 Å². The molecule has 1 heterocycles. The van der Waals surface area contributed by atoms with Crippen LogP contribution in [0.25, 0.3) is 11.5 Å². The minimum absolute atomic E-state index is 0.0456. The number of aromatic nitrogens is 2. The highest BCUT2D eigenvalue weighted by Crippen LogP contribution is 2.38. The summed E-state index contributed by atoms with van der Waals surface area (Å²) in [6, 6.07) is 9.37. The van der Waals surface area contributed by atoms with Crippen LogP contribution >= 0.6 is 27.7 Å². The predicted molar refractivity (Wildman–Crippen MR) is 103 cm³/mol. The van der Waals surface area contributed by atoms with Crippen molar-refractivity contribution >= 4 is 39.1 Å². The van der Waals surface area contributed by atoms with Gasteiger partial charge in [-0.15, -0.1) is 10.2 Å². The summed E-state index contributed by atoms with van der Waals surface area (Å²) < 4.78 is 11.6. The van der Waals surface area contributed by atoms with Crippen molar-refractivity contribution in [2.45, 2.75) is 11.0 Å². The number of non-ortho nitro benzene ring substituents is 1. The molecule has 1 aromatic heterocycles. The van der Waals surface area contributed by atoms with Crippen LogP contribution in [0, 0.1) is 20.2 Å². The number of thioether (sulfide) groups is 1. The first kappa shape index (κ1) is 19.8. The molecule has 0 atom stereocenters. The standard InChI is InChI=1S/C16H11BrN4O6S/c1-26-14-10(6-12(20(22)23)7-13(14)21(24)25)8-28-16-19-18-15(27-16)9-2-4-11(17)5-3-9/h2-7H,8H2,1H3. The van der Waals surface area contributed by atoms with E-state index < -0.39 is 21.2 Å². The average molecular weight is 467 g/mol. The molecular formula is C16H11BrN4O6S. The third kappa shape index (κ3) is 4.28. The average Bonchev–Trinajstić information content (AvgIpc) is 3.14. The number of rotatable bonds is 7. The fourth-order valence-electron chi connectivity index (χ4n) is 2.36. The third-order valence-corrected chi connectivity index (χ3v) is 4.99. The SMILES string of the molecule is COc1c(CSc2nnc(-c3ccc(Br)cc3)o2)cc([N+](=O)[O-])cc1[N+](=O)[O-]. The number of ether oxygens (including phenoxy) is 1. The molecule has 28 heavy (non-hydrogen) atoms. The van der Waals surface area contributed by atoms with Crippen LogP contribution in [0.5, 0.6) is 5.75 Å². The van der Waals surface area contributed by atoms with Gasteiger partial charge in [-0.05, 0) is 24.3 Å². The summed E-state index contributed by atoms with van der Waals surface area (Å²) in [5.41, 5.74) is 0.125. The van der Waals surface area contributed by atoms with Gasteiger partial charge in [0.25, 0.3) is 10.9 Å². The Labute approximate surface area is 170 Å². The van der Waals surface area contributed by atoms with E-state index in [1.165, 1.54) is 13.2 Å². The number of benzene rings is 2. The Bertz CT molecular complexity index is 1040. The first-order valence-electron chi connectivity index (χ1n) is 7.61. The smallest absolute Gasteiger partial charge is 0.318 e. The van der Waals surface area contributed by atoms with E-state index in [4.69, 9.17) is 9.15 Å². The van der Waals surface area contributed by atoms with Gasteiger partial charge in [-0.1, -0.05) is 27.7 Å². The highest BCUT2D eigenvalue weighted by atomic mass is 79.9. The van der Waals surface area contributed by atoms with E-state index in [2.05, 4.69) is 26.1 Å². The van der Waals surface area contributed by atoms with E-state index in [0.717, 1.165) is 27.9 Å². The van der Waals surface area contributed by atoms with Gasteiger partial charge in [0, 0.05) is 27.4 Å². The lowest BCUT2D eigenvalue weighted by molar-refractivity contribution is -0.394. The van der Waals surface area contributed by atoms with Crippen LogP contribution in [0.2, 0.25) is 0 Å². The number of methoxy groups -OCH3 is 1. The van der Waals surface area contributed by atoms with Gasteiger partial charge < -0.3 is 9.15 Å². The predicted octanol–water partition coefficient (Wildman–Crippen LogP) is 4.62. The summed E-state index contributed by atoms with van der Waals surface area (Å²) in [6.07, 6.45) is 0. The maximum absolute atomic E-state index is 11.2. The monoisotopic (exact) mass is 466 g/mol. The molecule has 0 aliphatic heterocycles. The number of hydrogen-bond donors (Lipinski definition) is 0. The Morgan fingerprint density at radius 2 is 1.86 bits per heavy atom. The van der Waals surface area contributed by atoms with E-state index in [-0.39, 0.29) is 22.3 Å². The van der Waals surface area contributed by atoms with Crippen molar-refractivity contribution in [1.82, 2.24) is 10.2 Å². The fourth-order valence-corrected chi connectivity index (χ4v) is 3.35. The van der Waals surface area contributed by atoms with Gasteiger partial charge in [-0.25, -0.2) is 0 Å². The van der Waals surface area contributed by atoms with Crippen molar-refractivity contribution < 1.29 is 19.0 Å². The molecule has 0 saturated carbocycles. The van der Waals surface area contributed by atoms with Crippen LogP contribution < -0.4 is 4.74 Å². The molecule has 2 aromatic carbocycles. The topological polar surface area (TPSA) is 134 Å². The lowest BCUT2D eigenvalue weighted by atomic mass is 10.1. The molecular weight excluding hydrogens is 456 g/mol. The first-order valence-corrected chi connectivity index (χ1v) is 9.39. The van der Waals surface area contributed by atoms with Crippen LogP contribution in [0.3, 0.4) is 0 Å². The second-order valence-corrected chi connectivity index (χ2v) is 7.18. The molecule has 0 fully saturated rings. The zero-order valence-electron chi connectivity index (χ0n) is 14.2. The van der Waals surface area contributed by atoms with Crippen molar-refractivity contribution in [3.05, 3.63) is 66.7 Å². The molecule has 0 amide bonds. The highest BCUT2D eigenvalue weighted by molar-refractivity contribution is 9.10. The maximum atomic E-state index is 11.2. The lowest BCUT2D eigenvalue weighted by Gasteiger charge is -2.07. The molecule has 0 aliphatic carbocycles. The Morgan fingerprint density at radius 1 is 1.14 bits per heavy atom. The van der Waals surface area contributed by atoms with E-state index >= 15 is 0 Å². The minimum atomic E-state index is -0.724. The minimum Gasteiger partial charge on any atom is -0.490 e. The van der Waals surface area contributed by atoms with Gasteiger partial charge in [0.1, 0.15) is 0 Å². The molecule has 0 N–H and O–H groups in total. The van der Waals surface area contributed by atoms with Crippen LogP contribution in [0.4, 0.5) is 11.4 Å². The quantitative estimate of drug-likeness (QED) is 0.277. The van der Waals surface area contributed by atoms with Crippen LogP contribution in [0.15, 0.2) is 50.5 Å². The zero-order valence-corrected chi connectivity index (χ0v) is 16.6. The molecule has 0 bridgehead atoms. The van der Waals surface area contributed by atoms with Gasteiger partial charge >= 0.3 is 5.69 Å². The Balaban J connectivity index is 1.85. The summed E-state index contributed by atoms with van der Waals surface area (Å²) >= 11 is 4.43. The van der Waals surface area contributed by atoms with Crippen molar-refractivity contribution in [1.29, 1.82) is 0 Å². The van der Waals surface area contributed by atoms with Crippen molar-refractivity contribution in [2.24, 2.45) is 0 Å². The molecule has 0 saturated heterocycles. The van der Waals surface area contributed by atoms with Crippen molar-refractivity contribution in [3.63, 3.8) is 0 Å². The molecule has 3 rings (SSSR count). The van der Waals surface area contributed by atoms with Gasteiger partial charge in [-0.2, -0.15) is 0 Å². The van der Waals surface area contributed by atoms with Gasteiger partial charge in [0.15, 0.2) is 0 Å². The van der Waals surface area contributed by atoms with Gasteiger partial charge in [-0.3, -0.25) is 20.2 Å². The fraction of sp³-hybridized carbons (Fsp3) is 0.125. The molecule has 0 radical (unpaired) electrons. The highest BCUT2D eigenvalue weighted by Gasteiger charge is 2.25. The molecule has 10 nitrogen and oxygen atoms in total. The molecule has 0 aliphatic rings. The van der Waals surface area contributed by atoms with Gasteiger partial charge in [0.05, 0.1) is 23.0 Å². The zero-order chi connectivity index (χ0) is 20.3. The van der Waals surface area contributed by atoms with E-state index in [0.29, 0.717) is 5.89 Å². The Morgan fingerprint density at radius 3 is 2.46 bits per heavy atom. The summed E-state index contributed by atoms with van der Waals surface area (Å²) in [5, 5.41) is 30.4. The number of nitro groups is 2. The summed E-state index contributed by atoms with van der Waals surface area (Å²) in [5.74, 6) is 0.371. The van der Waals surface area contributed by atoms with Crippen molar-refractivity contribution in [3.8, 4) is 17.2 Å². The van der Waals surface area contributed by atoms with Gasteiger partial charge in [0.2, 0.25) is 11.6 Å². The Hall–Kier alpha value is -2.99. The van der Waals surface area contributed by atoms with Crippen LogP contribution in [-0.4, -0.2) is 27.2 Å². The third-order valence-electron chi connectivity index (χ3n) is 3.59. The summed E-state index contributed by atoms with van der Waals surface area (Å²) in [4.78, 5) is 20.9. The molecule has 144 valence electrons. The van der Waals surface area contributed by atoms with E-state index in [9.17, 15) is 20.2 Å². The molecule has 0 spiro atoms. The number of halogens is 1. The van der Waals surface area contributed by atoms with Crippen LogP contribution in [-0.2, 0) is 5.75 Å².